The van der Waals surface area contributed by atoms with Gasteiger partial charge in [-0.25, -0.2) is 4.79 Å². The highest BCUT2D eigenvalue weighted by Gasteiger charge is 2.35. The molecule has 110 valence electrons. The zero-order valence-corrected chi connectivity index (χ0v) is 12.5. The van der Waals surface area contributed by atoms with E-state index in [-0.39, 0.29) is 11.7 Å². The van der Waals surface area contributed by atoms with Crippen LogP contribution < -0.4 is 5.73 Å². The molecule has 0 atom stereocenters. The Labute approximate surface area is 116 Å². The lowest BCUT2D eigenvalue weighted by atomic mass is 9.79. The minimum absolute atomic E-state index is 0.158. The van der Waals surface area contributed by atoms with E-state index < -0.39 is 0 Å². The number of hydrogen-bond donors (Lipinski definition) is 1. The molecule has 0 aromatic carbocycles. The van der Waals surface area contributed by atoms with Crippen molar-refractivity contribution >= 4 is 6.09 Å². The van der Waals surface area contributed by atoms with Gasteiger partial charge in [0, 0.05) is 19.1 Å². The zero-order valence-electron chi connectivity index (χ0n) is 12.5. The van der Waals surface area contributed by atoms with Crippen molar-refractivity contribution in [3.8, 4) is 0 Å². The van der Waals surface area contributed by atoms with Gasteiger partial charge in [-0.15, -0.1) is 0 Å². The van der Waals surface area contributed by atoms with Gasteiger partial charge < -0.3 is 15.4 Å². The molecule has 0 unspecified atom stereocenters. The lowest BCUT2D eigenvalue weighted by molar-refractivity contribution is -0.00539. The number of carbonyl (C=O) groups is 1. The van der Waals surface area contributed by atoms with Crippen LogP contribution in [-0.2, 0) is 4.74 Å². The number of nitrogens with zero attached hydrogens (tertiary/aromatic N) is 1. The molecule has 1 saturated carbocycles. The maximum atomic E-state index is 11.8. The third-order valence-corrected chi connectivity index (χ3v) is 4.17. The topological polar surface area (TPSA) is 55.6 Å². The molecule has 2 N–H and O–H groups in total. The van der Waals surface area contributed by atoms with Gasteiger partial charge in [-0.3, -0.25) is 0 Å². The fourth-order valence-electron chi connectivity index (χ4n) is 3.09. The van der Waals surface area contributed by atoms with Crippen molar-refractivity contribution in [2.45, 2.75) is 64.5 Å². The lowest BCUT2D eigenvalue weighted by Gasteiger charge is -2.42. The highest BCUT2D eigenvalue weighted by Crippen LogP contribution is 2.32. The summed E-state index contributed by atoms with van der Waals surface area (Å²) in [6, 6.07) is 0.427. The van der Waals surface area contributed by atoms with Crippen molar-refractivity contribution in [2.75, 3.05) is 13.1 Å². The van der Waals surface area contributed by atoms with Crippen LogP contribution in [0, 0.1) is 11.8 Å². The molecule has 2 aliphatic rings. The van der Waals surface area contributed by atoms with E-state index in [2.05, 4.69) is 0 Å². The molecule has 1 aliphatic heterocycles. The van der Waals surface area contributed by atoms with Crippen LogP contribution in [0.25, 0.3) is 0 Å². The first-order valence-corrected chi connectivity index (χ1v) is 7.57. The molecular weight excluding hydrogens is 240 g/mol. The summed E-state index contributed by atoms with van der Waals surface area (Å²) in [6.07, 6.45) is 5.98. The van der Waals surface area contributed by atoms with Gasteiger partial charge in [0.1, 0.15) is 5.60 Å². The molecule has 0 aromatic heterocycles. The van der Waals surface area contributed by atoms with Crippen molar-refractivity contribution in [1.82, 2.24) is 4.90 Å². The molecular formula is C15H28N2O2. The first kappa shape index (κ1) is 14.6. The minimum Gasteiger partial charge on any atom is -0.444 e. The summed E-state index contributed by atoms with van der Waals surface area (Å²) in [5.41, 5.74) is 5.54. The maximum absolute atomic E-state index is 11.8. The van der Waals surface area contributed by atoms with E-state index in [0.29, 0.717) is 12.0 Å². The van der Waals surface area contributed by atoms with Crippen molar-refractivity contribution < 1.29 is 9.53 Å². The number of hydrogen-bond acceptors (Lipinski definition) is 3. The van der Waals surface area contributed by atoms with E-state index in [0.717, 1.165) is 19.0 Å². The molecule has 0 bridgehead atoms. The summed E-state index contributed by atoms with van der Waals surface area (Å²) in [4.78, 5) is 13.6. The summed E-state index contributed by atoms with van der Waals surface area (Å²) in [7, 11) is 0. The number of amides is 1. The average molecular weight is 268 g/mol. The Morgan fingerprint density at radius 1 is 1.16 bits per heavy atom. The number of carbonyl (C=O) groups excluding carboxylic acids is 1. The second kappa shape index (κ2) is 5.70. The number of nitrogens with two attached hydrogens (primary N) is 1. The third-order valence-electron chi connectivity index (χ3n) is 4.17. The monoisotopic (exact) mass is 268 g/mol. The van der Waals surface area contributed by atoms with Gasteiger partial charge in [0.2, 0.25) is 0 Å². The summed E-state index contributed by atoms with van der Waals surface area (Å²) in [5.74, 6) is 1.50. The van der Waals surface area contributed by atoms with Gasteiger partial charge in [0.05, 0.1) is 0 Å². The molecule has 1 saturated heterocycles. The summed E-state index contributed by atoms with van der Waals surface area (Å²) >= 11 is 0. The van der Waals surface area contributed by atoms with E-state index in [1.165, 1.54) is 32.1 Å². The van der Waals surface area contributed by atoms with Crippen molar-refractivity contribution in [3.05, 3.63) is 0 Å². The van der Waals surface area contributed by atoms with Crippen molar-refractivity contribution in [1.29, 1.82) is 0 Å². The van der Waals surface area contributed by atoms with Crippen LogP contribution in [0.15, 0.2) is 0 Å². The summed E-state index contributed by atoms with van der Waals surface area (Å²) in [5, 5.41) is 0. The van der Waals surface area contributed by atoms with Gasteiger partial charge in [-0.2, -0.15) is 0 Å². The van der Waals surface area contributed by atoms with E-state index in [1.807, 2.05) is 25.7 Å². The Hall–Kier alpha value is -0.770. The molecule has 4 heteroatoms. The van der Waals surface area contributed by atoms with Gasteiger partial charge in [0.25, 0.3) is 0 Å². The van der Waals surface area contributed by atoms with Gasteiger partial charge in [-0.05, 0) is 64.7 Å². The standard InChI is InChI=1S/C15H28N2O2/c1-15(2,3)19-14(18)17-9-12(10-17)8-11-4-6-13(16)7-5-11/h11-13H,4-10,16H2,1-3H3. The number of rotatable bonds is 2. The molecule has 2 fully saturated rings. The van der Waals surface area contributed by atoms with Gasteiger partial charge >= 0.3 is 6.09 Å². The molecule has 0 aromatic rings. The molecule has 4 nitrogen and oxygen atoms in total. The maximum Gasteiger partial charge on any atom is 0.410 e. The highest BCUT2D eigenvalue weighted by molar-refractivity contribution is 5.69. The van der Waals surface area contributed by atoms with Crippen LogP contribution in [0.2, 0.25) is 0 Å². The Kier molecular flexibility index (Phi) is 4.39. The predicted octanol–water partition coefficient (Wildman–Crippen LogP) is 2.76. The van der Waals surface area contributed by atoms with Gasteiger partial charge in [-0.1, -0.05) is 0 Å². The Balaban J connectivity index is 1.65. The Morgan fingerprint density at radius 3 is 2.26 bits per heavy atom. The van der Waals surface area contributed by atoms with E-state index >= 15 is 0 Å². The molecule has 1 amide bonds. The molecule has 19 heavy (non-hydrogen) atoms. The van der Waals surface area contributed by atoms with Crippen LogP contribution in [0.3, 0.4) is 0 Å². The number of likely N-dealkylation sites (tertiary alicyclic amines) is 1. The Morgan fingerprint density at radius 2 is 1.74 bits per heavy atom. The smallest absolute Gasteiger partial charge is 0.410 e. The van der Waals surface area contributed by atoms with Crippen molar-refractivity contribution in [3.63, 3.8) is 0 Å². The largest absolute Gasteiger partial charge is 0.444 e. The van der Waals surface area contributed by atoms with Crippen molar-refractivity contribution in [2.24, 2.45) is 17.6 Å². The van der Waals surface area contributed by atoms with Crippen LogP contribution in [-0.4, -0.2) is 35.7 Å². The normalized spacial score (nSPS) is 28.9. The van der Waals surface area contributed by atoms with Crippen LogP contribution >= 0.6 is 0 Å². The van der Waals surface area contributed by atoms with Gasteiger partial charge in [0.15, 0.2) is 0 Å². The second-order valence-electron chi connectivity index (χ2n) is 7.27. The molecule has 0 radical (unpaired) electrons. The second-order valence-corrected chi connectivity index (χ2v) is 7.27. The zero-order chi connectivity index (χ0) is 14.0. The summed E-state index contributed by atoms with van der Waals surface area (Å²) in [6.45, 7) is 7.48. The van der Waals surface area contributed by atoms with Crippen LogP contribution in [0.1, 0.15) is 52.9 Å². The Bertz CT molecular complexity index is 311. The van der Waals surface area contributed by atoms with Crippen LogP contribution in [0.4, 0.5) is 4.79 Å². The average Bonchev–Trinajstić information content (AvgIpc) is 2.22. The molecule has 2 rings (SSSR count). The fourth-order valence-corrected chi connectivity index (χ4v) is 3.09. The first-order chi connectivity index (χ1) is 8.83. The quantitative estimate of drug-likeness (QED) is 0.838. The fraction of sp³-hybridized carbons (Fsp3) is 0.933. The molecule has 1 heterocycles. The summed E-state index contributed by atoms with van der Waals surface area (Å²) < 4.78 is 5.36. The highest BCUT2D eigenvalue weighted by atomic mass is 16.6. The molecule has 0 spiro atoms. The lowest BCUT2D eigenvalue weighted by Crippen LogP contribution is -2.52. The molecule has 1 aliphatic carbocycles. The first-order valence-electron chi connectivity index (χ1n) is 7.57. The minimum atomic E-state index is -0.387. The van der Waals surface area contributed by atoms with E-state index in [1.54, 1.807) is 0 Å². The van der Waals surface area contributed by atoms with Crippen LogP contribution in [0.5, 0.6) is 0 Å². The number of ether oxygens (including phenoxy) is 1. The van der Waals surface area contributed by atoms with E-state index in [9.17, 15) is 4.79 Å². The predicted molar refractivity (Wildman–Crippen MR) is 75.8 cm³/mol. The third kappa shape index (κ3) is 4.37. The van der Waals surface area contributed by atoms with E-state index in [4.69, 9.17) is 10.5 Å². The SMILES string of the molecule is CC(C)(C)OC(=O)N1CC(CC2CCC(N)CC2)C1.